The second-order valence-corrected chi connectivity index (χ2v) is 7.92. The number of carbonyl (C=O) groups is 3. The lowest BCUT2D eigenvalue weighted by Gasteiger charge is -2.39. The molecule has 2 saturated heterocycles. The van der Waals surface area contributed by atoms with Crippen LogP contribution >= 0.6 is 0 Å². The topological polar surface area (TPSA) is 85.5 Å². The lowest BCUT2D eigenvalue weighted by Crippen LogP contribution is -2.52. The molecular weight excluding hydrogens is 356 g/mol. The van der Waals surface area contributed by atoms with Gasteiger partial charge in [0.2, 0.25) is 5.91 Å². The molecule has 0 aliphatic carbocycles. The number of aromatic amines is 1. The molecule has 4 rings (SSSR count). The van der Waals surface area contributed by atoms with Crippen LogP contribution in [-0.2, 0) is 16.0 Å². The molecule has 0 unspecified atom stereocenters. The van der Waals surface area contributed by atoms with Gasteiger partial charge in [-0.25, -0.2) is 4.79 Å². The van der Waals surface area contributed by atoms with Crippen LogP contribution in [-0.4, -0.2) is 57.3 Å². The van der Waals surface area contributed by atoms with Gasteiger partial charge in [0.05, 0.1) is 0 Å². The van der Waals surface area contributed by atoms with Crippen LogP contribution in [0, 0.1) is 0 Å². The Labute approximate surface area is 164 Å². The van der Waals surface area contributed by atoms with Crippen molar-refractivity contribution < 1.29 is 14.4 Å². The van der Waals surface area contributed by atoms with Crippen molar-refractivity contribution in [2.75, 3.05) is 6.54 Å². The fraction of sp³-hybridized carbons (Fsp3) is 0.476. The molecular formula is C21H26N4O3. The molecule has 1 aromatic heterocycles. The van der Waals surface area contributed by atoms with Crippen molar-refractivity contribution in [3.63, 3.8) is 0 Å². The molecule has 2 aromatic rings. The highest BCUT2D eigenvalue weighted by Gasteiger charge is 2.41. The molecule has 0 spiro atoms. The lowest BCUT2D eigenvalue weighted by molar-refractivity contribution is -0.141. The van der Waals surface area contributed by atoms with E-state index < -0.39 is 12.1 Å². The number of likely N-dealkylation sites (tertiary alicyclic amines) is 1. The standard InChI is InChI=1S/C21H26N4O3/c1-13-6-5-7-14(2)25(13)19(26)12-24-20(27)18(23-21(24)28)10-15-11-22-17-9-4-3-8-16(15)17/h3-4,8-9,11,13-14,18,22H,5-7,10,12H2,1-2H3,(H,23,28)/t13-,14-,18+/m1/s1. The van der Waals surface area contributed by atoms with Crippen LogP contribution in [0.2, 0.25) is 0 Å². The summed E-state index contributed by atoms with van der Waals surface area (Å²) in [7, 11) is 0. The first-order valence-electron chi connectivity index (χ1n) is 9.93. The van der Waals surface area contributed by atoms with Crippen molar-refractivity contribution in [3.05, 3.63) is 36.0 Å². The van der Waals surface area contributed by atoms with E-state index >= 15 is 0 Å². The monoisotopic (exact) mass is 382 g/mol. The van der Waals surface area contributed by atoms with Gasteiger partial charge in [0.1, 0.15) is 12.6 Å². The number of urea groups is 1. The van der Waals surface area contributed by atoms with E-state index in [-0.39, 0.29) is 30.4 Å². The molecule has 0 bridgehead atoms. The molecule has 7 heteroatoms. The maximum Gasteiger partial charge on any atom is 0.325 e. The third kappa shape index (κ3) is 3.25. The summed E-state index contributed by atoms with van der Waals surface area (Å²) in [6, 6.07) is 7.00. The predicted octanol–water partition coefficient (Wildman–Crippen LogP) is 2.42. The van der Waals surface area contributed by atoms with E-state index in [0.29, 0.717) is 6.42 Å². The van der Waals surface area contributed by atoms with Crippen LogP contribution < -0.4 is 5.32 Å². The van der Waals surface area contributed by atoms with Crippen molar-refractivity contribution in [2.45, 2.75) is 57.7 Å². The summed E-state index contributed by atoms with van der Waals surface area (Å²) in [5.74, 6) is -0.489. The third-order valence-electron chi connectivity index (χ3n) is 5.98. The minimum atomic E-state index is -0.643. The molecule has 28 heavy (non-hydrogen) atoms. The second kappa shape index (κ2) is 7.30. The highest BCUT2D eigenvalue weighted by atomic mass is 16.2. The van der Waals surface area contributed by atoms with Crippen molar-refractivity contribution in [1.82, 2.24) is 20.1 Å². The Bertz CT molecular complexity index is 911. The summed E-state index contributed by atoms with van der Waals surface area (Å²) in [5.41, 5.74) is 1.97. The van der Waals surface area contributed by atoms with E-state index in [2.05, 4.69) is 10.3 Å². The molecule has 2 aliphatic rings. The Kier molecular flexibility index (Phi) is 4.83. The van der Waals surface area contributed by atoms with Crippen molar-refractivity contribution in [2.24, 2.45) is 0 Å². The van der Waals surface area contributed by atoms with Gasteiger partial charge in [0, 0.05) is 35.6 Å². The van der Waals surface area contributed by atoms with Crippen molar-refractivity contribution >= 4 is 28.7 Å². The molecule has 1 aromatic carbocycles. The smallest absolute Gasteiger partial charge is 0.325 e. The average Bonchev–Trinajstić information content (AvgIpc) is 3.18. The number of fused-ring (bicyclic) bond motifs is 1. The normalized spacial score (nSPS) is 25.4. The minimum Gasteiger partial charge on any atom is -0.361 e. The lowest BCUT2D eigenvalue weighted by atomic mass is 9.97. The number of benzene rings is 1. The summed E-state index contributed by atoms with van der Waals surface area (Å²) >= 11 is 0. The Hall–Kier alpha value is -2.83. The second-order valence-electron chi connectivity index (χ2n) is 7.92. The van der Waals surface area contributed by atoms with Crippen LogP contribution in [0.3, 0.4) is 0 Å². The minimum absolute atomic E-state index is 0.138. The number of imide groups is 1. The Balaban J connectivity index is 1.46. The fourth-order valence-corrected chi connectivity index (χ4v) is 4.52. The first-order chi connectivity index (χ1) is 13.5. The summed E-state index contributed by atoms with van der Waals surface area (Å²) in [4.78, 5) is 44.1. The van der Waals surface area contributed by atoms with Crippen LogP contribution in [0.4, 0.5) is 4.79 Å². The van der Waals surface area contributed by atoms with E-state index in [0.717, 1.165) is 40.6 Å². The maximum absolute atomic E-state index is 12.8. The van der Waals surface area contributed by atoms with Gasteiger partial charge in [-0.15, -0.1) is 0 Å². The summed E-state index contributed by atoms with van der Waals surface area (Å²) in [6.07, 6.45) is 5.28. The summed E-state index contributed by atoms with van der Waals surface area (Å²) in [5, 5.41) is 3.78. The molecule has 3 atom stereocenters. The van der Waals surface area contributed by atoms with Gasteiger partial charge in [-0.3, -0.25) is 14.5 Å². The average molecular weight is 382 g/mol. The van der Waals surface area contributed by atoms with Crippen LogP contribution in [0.25, 0.3) is 10.9 Å². The largest absolute Gasteiger partial charge is 0.361 e. The number of carbonyl (C=O) groups excluding carboxylic acids is 3. The zero-order chi connectivity index (χ0) is 19.8. The number of amides is 4. The summed E-state index contributed by atoms with van der Waals surface area (Å²) < 4.78 is 0. The van der Waals surface area contributed by atoms with E-state index in [1.807, 2.05) is 49.2 Å². The number of hydrogen-bond donors (Lipinski definition) is 2. The number of H-pyrrole nitrogens is 1. The van der Waals surface area contributed by atoms with Gasteiger partial charge in [-0.2, -0.15) is 0 Å². The molecule has 2 aliphatic heterocycles. The SMILES string of the molecule is C[C@@H]1CCC[C@@H](C)N1C(=O)CN1C(=O)N[C@@H](Cc2c[nH]c3ccccc23)C1=O. The van der Waals surface area contributed by atoms with Crippen molar-refractivity contribution in [3.8, 4) is 0 Å². The number of aromatic nitrogens is 1. The highest BCUT2D eigenvalue weighted by Crippen LogP contribution is 2.24. The molecule has 148 valence electrons. The number of piperidine rings is 1. The Morgan fingerprint density at radius 2 is 1.86 bits per heavy atom. The van der Waals surface area contributed by atoms with Crippen molar-refractivity contribution in [1.29, 1.82) is 0 Å². The number of hydrogen-bond acceptors (Lipinski definition) is 3. The van der Waals surface area contributed by atoms with Gasteiger partial charge in [0.15, 0.2) is 0 Å². The zero-order valence-corrected chi connectivity index (χ0v) is 16.3. The molecule has 0 saturated carbocycles. The van der Waals surface area contributed by atoms with Gasteiger partial charge in [-0.1, -0.05) is 18.2 Å². The van der Waals surface area contributed by atoms with E-state index in [1.165, 1.54) is 0 Å². The first-order valence-corrected chi connectivity index (χ1v) is 9.93. The van der Waals surface area contributed by atoms with Crippen LogP contribution in [0.5, 0.6) is 0 Å². The third-order valence-corrected chi connectivity index (χ3v) is 5.98. The van der Waals surface area contributed by atoms with Crippen LogP contribution in [0.1, 0.15) is 38.7 Å². The molecule has 2 N–H and O–H groups in total. The highest BCUT2D eigenvalue weighted by molar-refractivity contribution is 6.06. The zero-order valence-electron chi connectivity index (χ0n) is 16.3. The molecule has 4 amide bonds. The molecule has 3 heterocycles. The van der Waals surface area contributed by atoms with Gasteiger partial charge in [0.25, 0.3) is 5.91 Å². The Morgan fingerprint density at radius 3 is 2.61 bits per heavy atom. The number of nitrogens with one attached hydrogen (secondary N) is 2. The number of rotatable bonds is 4. The van der Waals surface area contributed by atoms with E-state index in [1.54, 1.807) is 0 Å². The number of para-hydroxylation sites is 1. The van der Waals surface area contributed by atoms with Crippen LogP contribution in [0.15, 0.2) is 30.5 Å². The molecule has 0 radical (unpaired) electrons. The van der Waals surface area contributed by atoms with Gasteiger partial charge in [-0.05, 0) is 44.7 Å². The van der Waals surface area contributed by atoms with E-state index in [4.69, 9.17) is 0 Å². The van der Waals surface area contributed by atoms with Gasteiger partial charge >= 0.3 is 6.03 Å². The number of nitrogens with zero attached hydrogens (tertiary/aromatic N) is 2. The van der Waals surface area contributed by atoms with E-state index in [9.17, 15) is 14.4 Å². The first kappa shape index (κ1) is 18.5. The predicted molar refractivity (Wildman–Crippen MR) is 106 cm³/mol. The fourth-order valence-electron chi connectivity index (χ4n) is 4.52. The molecule has 7 nitrogen and oxygen atoms in total. The molecule has 2 fully saturated rings. The Morgan fingerprint density at radius 1 is 1.14 bits per heavy atom. The maximum atomic E-state index is 12.8. The quantitative estimate of drug-likeness (QED) is 0.797. The summed E-state index contributed by atoms with van der Waals surface area (Å²) in [6.45, 7) is 3.86. The van der Waals surface area contributed by atoms with Gasteiger partial charge < -0.3 is 15.2 Å².